The molecule has 10 nitrogen and oxygen atoms in total. The first-order chi connectivity index (χ1) is 36.1. The summed E-state index contributed by atoms with van der Waals surface area (Å²) in [5.74, 6) is -1.64. The number of hydrogen-bond donors (Lipinski definition) is 0. The van der Waals surface area contributed by atoms with Gasteiger partial charge in [-0.25, -0.2) is 18.7 Å². The number of carbonyl (C=O) groups excluding carboxylic acids is 6. The van der Waals surface area contributed by atoms with Gasteiger partial charge in [-0.15, -0.1) is 22.7 Å². The Labute approximate surface area is 427 Å². The molecule has 0 bridgehead atoms. The molecule has 4 heterocycles. The second-order valence-corrected chi connectivity index (χ2v) is 20.7. The summed E-state index contributed by atoms with van der Waals surface area (Å²) in [6, 6.07) is 52.9. The lowest BCUT2D eigenvalue weighted by molar-refractivity contribution is 0.0975. The number of Topliss-reactive ketones (excluding diaryl/α,β-unsaturated/α-hetero) is 4. The highest BCUT2D eigenvalue weighted by atomic mass is 32.1. The molecule has 0 fully saturated rings. The summed E-state index contributed by atoms with van der Waals surface area (Å²) in [5.41, 5.74) is 4.14. The summed E-state index contributed by atoms with van der Waals surface area (Å²) in [5, 5.41) is 7.41. The fraction of sp³-hybridized carbons (Fsp3) is 0.0323. The van der Waals surface area contributed by atoms with Gasteiger partial charge in [0.25, 0.3) is 0 Å². The molecule has 2 aliphatic rings. The van der Waals surface area contributed by atoms with Gasteiger partial charge in [-0.2, -0.15) is 0 Å². The van der Waals surface area contributed by atoms with Crippen LogP contribution >= 0.6 is 22.7 Å². The molecular formula is C62H34N2O8S2. The van der Waals surface area contributed by atoms with Crippen LogP contribution in [0.25, 0.3) is 86.7 Å². The zero-order valence-corrected chi connectivity index (χ0v) is 40.3. The predicted octanol–water partition coefficient (Wildman–Crippen LogP) is 14.8. The number of ketones is 4. The van der Waals surface area contributed by atoms with Crippen LogP contribution in [-0.4, -0.2) is 44.5 Å². The molecule has 74 heavy (non-hydrogen) atoms. The Kier molecular flexibility index (Phi) is 9.74. The standard InChI is InChI=1S/C62H34N2O8S2/c65-55-45-23-39-19-35-15-7-8-16-36(35)20-40(39)24-46(45)56(66)49(55)27-43-29-51-59(73-43)54-53(63(51)61(69)71-31-33-11-3-1-4-12-33)60-52(64(54)62(70)72-32-34-13-5-2-6-14-34)30-44(74-60)28-50-57(67)47-25-41-21-37-17-9-10-18-38(37)22-42(41)26-48(47)58(50)68/h1-30H,31-32H2. The van der Waals surface area contributed by atoms with Gasteiger partial charge < -0.3 is 9.47 Å². The molecular weight excluding hydrogens is 965 g/mol. The van der Waals surface area contributed by atoms with Crippen molar-refractivity contribution >= 4 is 145 Å². The zero-order chi connectivity index (χ0) is 49.9. The Morgan fingerprint density at radius 1 is 0.392 bits per heavy atom. The SMILES string of the molecule is O=C1C(=Cc2cc3c(s2)c2c(c4sc(C=C5C(=O)c6cc7cc8ccccc8cc7cc6C5=O)cc4n2C(=O)OCc2ccccc2)n3C(=O)OCc2ccccc2)C(=O)c2cc3cc4ccccc4cc3cc21. The average molecular weight is 999 g/mol. The van der Waals surface area contributed by atoms with Crippen LogP contribution in [0.2, 0.25) is 0 Å². The van der Waals surface area contributed by atoms with E-state index in [4.69, 9.17) is 9.47 Å². The van der Waals surface area contributed by atoms with E-state index < -0.39 is 35.3 Å². The number of benzene rings is 8. The topological polar surface area (TPSA) is 131 Å². The molecule has 0 N–H and O–H groups in total. The second-order valence-electron chi connectivity index (χ2n) is 18.5. The van der Waals surface area contributed by atoms with Gasteiger partial charge in [-0.1, -0.05) is 109 Å². The lowest BCUT2D eigenvalue weighted by atomic mass is 9.99. The highest BCUT2D eigenvalue weighted by molar-refractivity contribution is 7.22. The number of rotatable bonds is 6. The first kappa shape index (κ1) is 43.4. The molecule has 0 spiro atoms. The molecule has 12 heteroatoms. The van der Waals surface area contributed by atoms with Crippen molar-refractivity contribution in [2.75, 3.05) is 0 Å². The van der Waals surface area contributed by atoms with Crippen LogP contribution in [0.3, 0.4) is 0 Å². The normalized spacial score (nSPS) is 13.4. The Hall–Kier alpha value is -9.36. The Balaban J connectivity index is 0.920. The molecule has 0 aliphatic heterocycles. The van der Waals surface area contributed by atoms with Crippen LogP contribution < -0.4 is 0 Å². The minimum Gasteiger partial charge on any atom is -0.444 e. The maximum Gasteiger partial charge on any atom is 0.419 e. The quantitative estimate of drug-likeness (QED) is 0.0914. The van der Waals surface area contributed by atoms with E-state index in [1.807, 2.05) is 133 Å². The number of aromatic nitrogens is 2. The van der Waals surface area contributed by atoms with Crippen LogP contribution in [-0.2, 0) is 22.7 Å². The van der Waals surface area contributed by atoms with Crippen LogP contribution in [0.5, 0.6) is 0 Å². The smallest absolute Gasteiger partial charge is 0.419 e. The van der Waals surface area contributed by atoms with Crippen LogP contribution in [0.1, 0.15) is 62.3 Å². The van der Waals surface area contributed by atoms with Crippen molar-refractivity contribution in [2.45, 2.75) is 13.2 Å². The third kappa shape index (κ3) is 6.83. The van der Waals surface area contributed by atoms with E-state index in [-0.39, 0.29) is 24.4 Å². The molecule has 0 radical (unpaired) electrons. The number of nitrogens with zero attached hydrogens (tertiary/aromatic N) is 2. The number of thiophene rings is 2. The van der Waals surface area contributed by atoms with Crippen molar-refractivity contribution < 1.29 is 38.2 Å². The van der Waals surface area contributed by atoms with Crippen LogP contribution in [0.4, 0.5) is 9.59 Å². The third-order valence-electron chi connectivity index (χ3n) is 14.0. The summed E-state index contributed by atoms with van der Waals surface area (Å²) < 4.78 is 15.8. The lowest BCUT2D eigenvalue weighted by Gasteiger charge is -2.07. The fourth-order valence-electron chi connectivity index (χ4n) is 10.5. The predicted molar refractivity (Wildman–Crippen MR) is 291 cm³/mol. The lowest BCUT2D eigenvalue weighted by Crippen LogP contribution is -2.13. The highest BCUT2D eigenvalue weighted by Crippen LogP contribution is 2.46. The third-order valence-corrected chi connectivity index (χ3v) is 16.2. The first-order valence-corrected chi connectivity index (χ1v) is 25.4. The molecule has 4 aromatic heterocycles. The molecule has 0 amide bonds. The number of allylic oxidation sites excluding steroid dienone is 2. The van der Waals surface area contributed by atoms with Gasteiger partial charge in [-0.05, 0) is 127 Å². The van der Waals surface area contributed by atoms with Gasteiger partial charge in [0.05, 0.1) is 42.6 Å². The van der Waals surface area contributed by atoms with E-state index in [1.165, 1.54) is 31.8 Å². The number of hydrogen-bond acceptors (Lipinski definition) is 10. The maximum atomic E-state index is 14.7. The molecule has 0 atom stereocenters. The van der Waals surface area contributed by atoms with Gasteiger partial charge in [0, 0.05) is 32.0 Å². The van der Waals surface area contributed by atoms with E-state index in [0.29, 0.717) is 63.5 Å². The Bertz CT molecular complexity index is 4160. The zero-order valence-electron chi connectivity index (χ0n) is 38.7. The maximum absolute atomic E-state index is 14.7. The molecule has 352 valence electrons. The molecule has 0 saturated carbocycles. The van der Waals surface area contributed by atoms with E-state index in [2.05, 4.69) is 0 Å². The molecule has 0 unspecified atom stereocenters. The van der Waals surface area contributed by atoms with Gasteiger partial charge >= 0.3 is 12.2 Å². The van der Waals surface area contributed by atoms with Crippen LogP contribution in [0.15, 0.2) is 181 Å². The van der Waals surface area contributed by atoms with Gasteiger partial charge in [0.1, 0.15) is 13.2 Å². The van der Waals surface area contributed by atoms with E-state index in [1.54, 1.807) is 48.6 Å². The summed E-state index contributed by atoms with van der Waals surface area (Å²) >= 11 is 2.42. The van der Waals surface area contributed by atoms with Crippen molar-refractivity contribution in [3.05, 3.63) is 224 Å². The molecule has 14 rings (SSSR count). The average Bonchev–Trinajstić information content (AvgIpc) is 4.25. The second kappa shape index (κ2) is 16.6. The first-order valence-electron chi connectivity index (χ1n) is 23.7. The van der Waals surface area contributed by atoms with Crippen LogP contribution in [0, 0.1) is 0 Å². The fourth-order valence-corrected chi connectivity index (χ4v) is 12.7. The molecule has 8 aromatic carbocycles. The monoisotopic (exact) mass is 998 g/mol. The van der Waals surface area contributed by atoms with Crippen molar-refractivity contribution in [1.82, 2.24) is 9.13 Å². The Morgan fingerprint density at radius 2 is 0.703 bits per heavy atom. The molecule has 0 saturated heterocycles. The van der Waals surface area contributed by atoms with Crippen molar-refractivity contribution in [2.24, 2.45) is 0 Å². The van der Waals surface area contributed by atoms with Crippen molar-refractivity contribution in [1.29, 1.82) is 0 Å². The Morgan fingerprint density at radius 3 is 1.03 bits per heavy atom. The van der Waals surface area contributed by atoms with E-state index in [0.717, 1.165) is 54.2 Å². The summed E-state index contributed by atoms with van der Waals surface area (Å²) in [7, 11) is 0. The molecule has 2 aliphatic carbocycles. The number of fused-ring (bicyclic) bond motifs is 11. The van der Waals surface area contributed by atoms with E-state index in [9.17, 15) is 28.8 Å². The largest absolute Gasteiger partial charge is 0.444 e. The summed E-state index contributed by atoms with van der Waals surface area (Å²) in [6.45, 7) is -0.124. The molecule has 12 aromatic rings. The van der Waals surface area contributed by atoms with Gasteiger partial charge in [-0.3, -0.25) is 19.2 Å². The number of carbonyl (C=O) groups is 6. The van der Waals surface area contributed by atoms with Gasteiger partial charge in [0.2, 0.25) is 0 Å². The van der Waals surface area contributed by atoms with E-state index >= 15 is 0 Å². The minimum absolute atomic E-state index is 0.0192. The number of ether oxygens (including phenoxy) is 2. The highest BCUT2D eigenvalue weighted by Gasteiger charge is 2.37. The summed E-state index contributed by atoms with van der Waals surface area (Å²) in [4.78, 5) is 87.1. The van der Waals surface area contributed by atoms with Crippen molar-refractivity contribution in [3.8, 4) is 0 Å². The minimum atomic E-state index is -0.744. The van der Waals surface area contributed by atoms with Gasteiger partial charge in [0.15, 0.2) is 23.1 Å². The summed E-state index contributed by atoms with van der Waals surface area (Å²) in [6.07, 6.45) is 1.61. The van der Waals surface area contributed by atoms with Crippen molar-refractivity contribution in [3.63, 3.8) is 0 Å².